The Balaban J connectivity index is 3.09. The molecular formula is C13H18ClNO4S. The summed E-state index contributed by atoms with van der Waals surface area (Å²) >= 11 is 0. The molecule has 0 aliphatic carbocycles. The summed E-state index contributed by atoms with van der Waals surface area (Å²) in [5.74, 6) is -0.362. The highest BCUT2D eigenvalue weighted by molar-refractivity contribution is 8.13. The van der Waals surface area contributed by atoms with Gasteiger partial charge in [-0.2, -0.15) is 0 Å². The number of methoxy groups -OCH3 is 1. The van der Waals surface area contributed by atoms with Gasteiger partial charge in [0.15, 0.2) is 0 Å². The Hall–Kier alpha value is -1.11. The van der Waals surface area contributed by atoms with Crippen LogP contribution >= 0.6 is 10.7 Å². The van der Waals surface area contributed by atoms with Crippen LogP contribution < -0.4 is 5.32 Å². The molecule has 0 saturated heterocycles. The molecule has 112 valence electrons. The third-order valence-electron chi connectivity index (χ3n) is 3.10. The van der Waals surface area contributed by atoms with Gasteiger partial charge in [0, 0.05) is 29.9 Å². The summed E-state index contributed by atoms with van der Waals surface area (Å²) in [4.78, 5) is 12.0. The summed E-state index contributed by atoms with van der Waals surface area (Å²) in [5, 5.41) is 2.67. The van der Waals surface area contributed by atoms with E-state index in [4.69, 9.17) is 15.4 Å². The van der Waals surface area contributed by atoms with Gasteiger partial charge in [0.25, 0.3) is 15.0 Å². The second kappa shape index (κ2) is 6.56. The summed E-state index contributed by atoms with van der Waals surface area (Å²) in [6, 6.07) is 2.92. The first kappa shape index (κ1) is 16.9. The summed E-state index contributed by atoms with van der Waals surface area (Å²) < 4.78 is 28.0. The van der Waals surface area contributed by atoms with Crippen molar-refractivity contribution in [1.82, 2.24) is 5.32 Å². The van der Waals surface area contributed by atoms with Gasteiger partial charge in [0.1, 0.15) is 0 Å². The highest BCUT2D eigenvalue weighted by Gasteiger charge is 2.18. The molecule has 0 fully saturated rings. The number of aryl methyl sites for hydroxylation is 1. The molecule has 1 unspecified atom stereocenters. The van der Waals surface area contributed by atoms with E-state index in [2.05, 4.69) is 5.32 Å². The van der Waals surface area contributed by atoms with E-state index in [9.17, 15) is 13.2 Å². The first-order chi connectivity index (χ1) is 9.16. The zero-order chi connectivity index (χ0) is 15.5. The van der Waals surface area contributed by atoms with Gasteiger partial charge in [-0.15, -0.1) is 0 Å². The lowest BCUT2D eigenvalue weighted by Crippen LogP contribution is -2.31. The number of rotatable bonds is 5. The van der Waals surface area contributed by atoms with Crippen LogP contribution in [0.4, 0.5) is 0 Å². The number of amides is 1. The summed E-state index contributed by atoms with van der Waals surface area (Å²) in [6.07, 6.45) is -0.123. The standard InChI is InChI=1S/C13H18ClNO4S/c1-8-5-11(13(16)15-7-9(2)19-4)6-12(10(8)3)20(14,17)18/h5-6,9H,7H2,1-4H3,(H,15,16). The van der Waals surface area contributed by atoms with Crippen molar-refractivity contribution in [3.63, 3.8) is 0 Å². The Labute approximate surface area is 123 Å². The van der Waals surface area contributed by atoms with Crippen LogP contribution in [0.3, 0.4) is 0 Å². The molecule has 7 heteroatoms. The quantitative estimate of drug-likeness (QED) is 0.842. The van der Waals surface area contributed by atoms with Crippen molar-refractivity contribution in [2.45, 2.75) is 31.8 Å². The smallest absolute Gasteiger partial charge is 0.261 e. The number of benzene rings is 1. The SMILES string of the molecule is COC(C)CNC(=O)c1cc(C)c(C)c(S(=O)(=O)Cl)c1. The van der Waals surface area contributed by atoms with Crippen molar-refractivity contribution < 1.29 is 17.9 Å². The summed E-state index contributed by atoms with van der Waals surface area (Å²) in [5.41, 5.74) is 1.49. The predicted molar refractivity (Wildman–Crippen MR) is 77.8 cm³/mol. The number of carbonyl (C=O) groups is 1. The molecule has 0 heterocycles. The van der Waals surface area contributed by atoms with E-state index in [-0.39, 0.29) is 22.5 Å². The van der Waals surface area contributed by atoms with E-state index in [1.54, 1.807) is 27.0 Å². The fraction of sp³-hybridized carbons (Fsp3) is 0.462. The van der Waals surface area contributed by atoms with Gasteiger partial charge in [0.05, 0.1) is 11.0 Å². The van der Waals surface area contributed by atoms with Gasteiger partial charge in [-0.25, -0.2) is 8.42 Å². The molecule has 1 aromatic carbocycles. The Morgan fingerprint density at radius 3 is 2.50 bits per heavy atom. The first-order valence-corrected chi connectivity index (χ1v) is 8.34. The average Bonchev–Trinajstić information content (AvgIpc) is 2.36. The molecule has 1 rings (SSSR count). The third kappa shape index (κ3) is 4.19. The van der Waals surface area contributed by atoms with Crippen LogP contribution in [0.25, 0.3) is 0 Å². The molecule has 1 atom stereocenters. The fourth-order valence-corrected chi connectivity index (χ4v) is 2.91. The lowest BCUT2D eigenvalue weighted by atomic mass is 10.1. The van der Waals surface area contributed by atoms with Gasteiger partial charge < -0.3 is 10.1 Å². The molecule has 5 nitrogen and oxygen atoms in total. The number of hydrogen-bond donors (Lipinski definition) is 1. The summed E-state index contributed by atoms with van der Waals surface area (Å²) in [6.45, 7) is 5.54. The largest absolute Gasteiger partial charge is 0.380 e. The molecule has 1 amide bonds. The lowest BCUT2D eigenvalue weighted by Gasteiger charge is -2.13. The number of hydrogen-bond acceptors (Lipinski definition) is 4. The van der Waals surface area contributed by atoms with Crippen LogP contribution in [0.1, 0.15) is 28.4 Å². The van der Waals surface area contributed by atoms with Crippen LogP contribution in [0, 0.1) is 13.8 Å². The van der Waals surface area contributed by atoms with Crippen LogP contribution in [0.2, 0.25) is 0 Å². The molecule has 0 bridgehead atoms. The second-order valence-electron chi connectivity index (χ2n) is 4.61. The van der Waals surface area contributed by atoms with Crippen molar-refractivity contribution in [2.24, 2.45) is 0 Å². The molecule has 0 radical (unpaired) electrons. The Kier molecular flexibility index (Phi) is 5.56. The normalized spacial score (nSPS) is 13.1. The highest BCUT2D eigenvalue weighted by atomic mass is 35.7. The fourth-order valence-electron chi connectivity index (χ4n) is 1.63. The van der Waals surface area contributed by atoms with Gasteiger partial charge in [-0.3, -0.25) is 4.79 Å². The Morgan fingerprint density at radius 1 is 1.40 bits per heavy atom. The van der Waals surface area contributed by atoms with Crippen molar-refractivity contribution in [3.8, 4) is 0 Å². The van der Waals surface area contributed by atoms with Gasteiger partial charge >= 0.3 is 0 Å². The van der Waals surface area contributed by atoms with Gasteiger partial charge in [-0.1, -0.05) is 0 Å². The minimum Gasteiger partial charge on any atom is -0.380 e. The second-order valence-corrected chi connectivity index (χ2v) is 7.14. The van der Waals surface area contributed by atoms with Crippen LogP contribution in [-0.4, -0.2) is 34.1 Å². The molecular weight excluding hydrogens is 302 g/mol. The van der Waals surface area contributed by atoms with E-state index >= 15 is 0 Å². The molecule has 0 aliphatic rings. The highest BCUT2D eigenvalue weighted by Crippen LogP contribution is 2.24. The number of nitrogens with one attached hydrogen (secondary N) is 1. The zero-order valence-corrected chi connectivity index (χ0v) is 13.4. The monoisotopic (exact) mass is 319 g/mol. The third-order valence-corrected chi connectivity index (χ3v) is 4.55. The first-order valence-electron chi connectivity index (χ1n) is 6.03. The molecule has 1 N–H and O–H groups in total. The van der Waals surface area contributed by atoms with Gasteiger partial charge in [0.2, 0.25) is 0 Å². The van der Waals surface area contributed by atoms with E-state index < -0.39 is 9.05 Å². The van der Waals surface area contributed by atoms with E-state index in [1.165, 1.54) is 6.07 Å². The zero-order valence-electron chi connectivity index (χ0n) is 11.9. The maximum atomic E-state index is 12.0. The van der Waals surface area contributed by atoms with Crippen LogP contribution in [0.5, 0.6) is 0 Å². The van der Waals surface area contributed by atoms with Crippen molar-refractivity contribution >= 4 is 25.6 Å². The molecule has 0 aliphatic heterocycles. The number of carbonyl (C=O) groups excluding carboxylic acids is 1. The van der Waals surface area contributed by atoms with Crippen molar-refractivity contribution in [2.75, 3.05) is 13.7 Å². The molecule has 20 heavy (non-hydrogen) atoms. The lowest BCUT2D eigenvalue weighted by molar-refractivity contribution is 0.0870. The van der Waals surface area contributed by atoms with Gasteiger partial charge in [-0.05, 0) is 44.0 Å². The van der Waals surface area contributed by atoms with Crippen LogP contribution in [0.15, 0.2) is 17.0 Å². The predicted octanol–water partition coefficient (Wildman–Crippen LogP) is 2.00. The molecule has 0 spiro atoms. The maximum Gasteiger partial charge on any atom is 0.261 e. The van der Waals surface area contributed by atoms with Crippen molar-refractivity contribution in [3.05, 3.63) is 28.8 Å². The van der Waals surface area contributed by atoms with E-state index in [1.807, 2.05) is 6.92 Å². The summed E-state index contributed by atoms with van der Waals surface area (Å²) in [7, 11) is 3.05. The number of halogens is 1. The average molecular weight is 320 g/mol. The maximum absolute atomic E-state index is 12.0. The van der Waals surface area contributed by atoms with E-state index in [0.717, 1.165) is 0 Å². The molecule has 1 aromatic rings. The Morgan fingerprint density at radius 2 is 2.00 bits per heavy atom. The minimum absolute atomic E-state index is 0.0379. The van der Waals surface area contributed by atoms with Crippen LogP contribution in [-0.2, 0) is 13.8 Å². The number of ether oxygens (including phenoxy) is 1. The topological polar surface area (TPSA) is 72.5 Å². The molecule has 0 saturated carbocycles. The van der Waals surface area contributed by atoms with Crippen molar-refractivity contribution in [1.29, 1.82) is 0 Å². The van der Waals surface area contributed by atoms with E-state index in [0.29, 0.717) is 17.7 Å². The minimum atomic E-state index is -3.88. The Bertz CT molecular complexity index is 613. The molecule has 0 aromatic heterocycles.